The SMILES string of the molecule is CN(CCC(=O)c1ccccc1Cl)c1ccccc1. The molecule has 0 bridgehead atoms. The van der Waals surface area contributed by atoms with Crippen LogP contribution in [0.4, 0.5) is 5.69 Å². The fourth-order valence-corrected chi connectivity index (χ4v) is 2.14. The molecule has 0 radical (unpaired) electrons. The van der Waals surface area contributed by atoms with Gasteiger partial charge in [-0.3, -0.25) is 4.79 Å². The van der Waals surface area contributed by atoms with Crippen LogP contribution in [0, 0.1) is 0 Å². The molecule has 0 fully saturated rings. The Balaban J connectivity index is 1.96. The summed E-state index contributed by atoms with van der Waals surface area (Å²) in [6.45, 7) is 0.675. The van der Waals surface area contributed by atoms with Gasteiger partial charge in [-0.2, -0.15) is 0 Å². The van der Waals surface area contributed by atoms with E-state index in [-0.39, 0.29) is 5.78 Å². The highest BCUT2D eigenvalue weighted by Gasteiger charge is 2.10. The molecule has 0 aliphatic heterocycles. The number of rotatable bonds is 5. The van der Waals surface area contributed by atoms with Crippen LogP contribution in [0.5, 0.6) is 0 Å². The normalized spacial score (nSPS) is 10.2. The number of para-hydroxylation sites is 1. The van der Waals surface area contributed by atoms with Crippen molar-refractivity contribution in [1.29, 1.82) is 0 Å². The van der Waals surface area contributed by atoms with Gasteiger partial charge in [-0.1, -0.05) is 41.9 Å². The van der Waals surface area contributed by atoms with Gasteiger partial charge in [0.2, 0.25) is 0 Å². The van der Waals surface area contributed by atoms with Crippen molar-refractivity contribution in [3.8, 4) is 0 Å². The maximum atomic E-state index is 12.1. The fourth-order valence-electron chi connectivity index (χ4n) is 1.90. The lowest BCUT2D eigenvalue weighted by molar-refractivity contribution is 0.0985. The summed E-state index contributed by atoms with van der Waals surface area (Å²) < 4.78 is 0. The summed E-state index contributed by atoms with van der Waals surface area (Å²) in [5, 5.41) is 0.523. The zero-order valence-electron chi connectivity index (χ0n) is 10.8. The molecule has 0 aromatic heterocycles. The zero-order valence-corrected chi connectivity index (χ0v) is 11.6. The lowest BCUT2D eigenvalue weighted by Gasteiger charge is -2.18. The van der Waals surface area contributed by atoms with Gasteiger partial charge in [-0.25, -0.2) is 0 Å². The maximum Gasteiger partial charge on any atom is 0.166 e. The number of nitrogens with zero attached hydrogens (tertiary/aromatic N) is 1. The molecule has 2 aromatic rings. The van der Waals surface area contributed by atoms with E-state index in [2.05, 4.69) is 4.90 Å². The van der Waals surface area contributed by atoms with Crippen LogP contribution in [0.1, 0.15) is 16.8 Å². The largest absolute Gasteiger partial charge is 0.374 e. The van der Waals surface area contributed by atoms with Crippen LogP contribution < -0.4 is 4.90 Å². The number of hydrogen-bond acceptors (Lipinski definition) is 2. The second-order valence-corrected chi connectivity index (χ2v) is 4.82. The number of halogens is 1. The van der Waals surface area contributed by atoms with Gasteiger partial charge in [0, 0.05) is 31.3 Å². The predicted molar refractivity (Wildman–Crippen MR) is 80.1 cm³/mol. The highest BCUT2D eigenvalue weighted by Crippen LogP contribution is 2.18. The van der Waals surface area contributed by atoms with Crippen LogP contribution in [0.25, 0.3) is 0 Å². The molecule has 0 aliphatic rings. The molecule has 0 saturated carbocycles. The predicted octanol–water partition coefficient (Wildman–Crippen LogP) is 4.05. The van der Waals surface area contributed by atoms with Gasteiger partial charge in [0.1, 0.15) is 0 Å². The number of hydrogen-bond donors (Lipinski definition) is 0. The highest BCUT2D eigenvalue weighted by atomic mass is 35.5. The first kappa shape index (κ1) is 13.6. The minimum absolute atomic E-state index is 0.0772. The summed E-state index contributed by atoms with van der Waals surface area (Å²) in [6, 6.07) is 17.2. The van der Waals surface area contributed by atoms with Crippen molar-refractivity contribution < 1.29 is 4.79 Å². The molecule has 0 saturated heterocycles. The third-order valence-corrected chi connectivity index (χ3v) is 3.38. The first-order valence-corrected chi connectivity index (χ1v) is 6.60. The summed E-state index contributed by atoms with van der Waals surface area (Å²) >= 11 is 6.02. The lowest BCUT2D eigenvalue weighted by atomic mass is 10.1. The maximum absolute atomic E-state index is 12.1. The van der Waals surface area contributed by atoms with E-state index in [1.807, 2.05) is 49.5 Å². The third-order valence-electron chi connectivity index (χ3n) is 3.05. The molecule has 0 unspecified atom stereocenters. The van der Waals surface area contributed by atoms with Gasteiger partial charge in [-0.15, -0.1) is 0 Å². The number of benzene rings is 2. The Labute approximate surface area is 118 Å². The molecular formula is C16H16ClNO. The average Bonchev–Trinajstić information content (AvgIpc) is 2.46. The quantitative estimate of drug-likeness (QED) is 0.766. The minimum atomic E-state index is 0.0772. The molecule has 2 rings (SSSR count). The number of carbonyl (C=O) groups excluding carboxylic acids is 1. The summed E-state index contributed by atoms with van der Waals surface area (Å²) in [5.74, 6) is 0.0772. The molecule has 0 amide bonds. The average molecular weight is 274 g/mol. The third kappa shape index (κ3) is 3.58. The van der Waals surface area contributed by atoms with Crippen LogP contribution in [-0.2, 0) is 0 Å². The Morgan fingerprint density at radius 3 is 2.37 bits per heavy atom. The van der Waals surface area contributed by atoms with Gasteiger partial charge in [-0.05, 0) is 24.3 Å². The standard InChI is InChI=1S/C16H16ClNO/c1-18(13-7-3-2-4-8-13)12-11-16(19)14-9-5-6-10-15(14)17/h2-10H,11-12H2,1H3. The Morgan fingerprint density at radius 1 is 1.05 bits per heavy atom. The van der Waals surface area contributed by atoms with E-state index in [1.54, 1.807) is 12.1 Å². The summed E-state index contributed by atoms with van der Waals surface area (Å²) in [4.78, 5) is 14.2. The second-order valence-electron chi connectivity index (χ2n) is 4.41. The fraction of sp³-hybridized carbons (Fsp3) is 0.188. The summed E-state index contributed by atoms with van der Waals surface area (Å²) in [7, 11) is 1.98. The Bertz CT molecular complexity index is 554. The van der Waals surface area contributed by atoms with Crippen LogP contribution in [0.3, 0.4) is 0 Å². The molecule has 2 nitrogen and oxygen atoms in total. The van der Waals surface area contributed by atoms with Gasteiger partial charge in [0.05, 0.1) is 5.02 Å². The summed E-state index contributed by atoms with van der Waals surface area (Å²) in [5.41, 5.74) is 1.71. The van der Waals surface area contributed by atoms with E-state index in [0.717, 1.165) is 5.69 Å². The molecule has 98 valence electrons. The Kier molecular flexibility index (Phi) is 4.58. The van der Waals surface area contributed by atoms with Gasteiger partial charge in [0.25, 0.3) is 0 Å². The molecular weight excluding hydrogens is 258 g/mol. The van der Waals surface area contributed by atoms with Crippen molar-refractivity contribution in [3.05, 3.63) is 65.2 Å². The minimum Gasteiger partial charge on any atom is -0.374 e. The number of anilines is 1. The molecule has 0 N–H and O–H groups in total. The number of carbonyl (C=O) groups is 1. The molecule has 0 heterocycles. The van der Waals surface area contributed by atoms with E-state index in [9.17, 15) is 4.79 Å². The number of Topliss-reactive ketones (excluding diaryl/α,β-unsaturated/α-hetero) is 1. The molecule has 3 heteroatoms. The smallest absolute Gasteiger partial charge is 0.166 e. The molecule has 0 spiro atoms. The van der Waals surface area contributed by atoms with Gasteiger partial charge < -0.3 is 4.90 Å². The summed E-state index contributed by atoms with van der Waals surface area (Å²) in [6.07, 6.45) is 0.453. The van der Waals surface area contributed by atoms with Crippen LogP contribution >= 0.6 is 11.6 Å². The highest BCUT2D eigenvalue weighted by molar-refractivity contribution is 6.33. The van der Waals surface area contributed by atoms with Crippen molar-refractivity contribution in [2.45, 2.75) is 6.42 Å². The van der Waals surface area contributed by atoms with E-state index in [1.165, 1.54) is 0 Å². The van der Waals surface area contributed by atoms with Crippen LogP contribution in [0.15, 0.2) is 54.6 Å². The van der Waals surface area contributed by atoms with E-state index in [0.29, 0.717) is 23.6 Å². The lowest BCUT2D eigenvalue weighted by Crippen LogP contribution is -2.21. The van der Waals surface area contributed by atoms with Gasteiger partial charge >= 0.3 is 0 Å². The Hall–Kier alpha value is -1.80. The van der Waals surface area contributed by atoms with Crippen molar-refractivity contribution in [2.24, 2.45) is 0 Å². The first-order chi connectivity index (χ1) is 9.18. The molecule has 0 atom stereocenters. The number of ketones is 1. The topological polar surface area (TPSA) is 20.3 Å². The second kappa shape index (κ2) is 6.39. The molecule has 0 aliphatic carbocycles. The molecule has 19 heavy (non-hydrogen) atoms. The first-order valence-electron chi connectivity index (χ1n) is 6.22. The Morgan fingerprint density at radius 2 is 1.68 bits per heavy atom. The van der Waals surface area contributed by atoms with Crippen LogP contribution in [-0.4, -0.2) is 19.4 Å². The van der Waals surface area contributed by atoms with Crippen molar-refractivity contribution in [1.82, 2.24) is 0 Å². The van der Waals surface area contributed by atoms with Crippen molar-refractivity contribution in [3.63, 3.8) is 0 Å². The zero-order chi connectivity index (χ0) is 13.7. The molecule has 2 aromatic carbocycles. The van der Waals surface area contributed by atoms with E-state index in [4.69, 9.17) is 11.6 Å². The van der Waals surface area contributed by atoms with Crippen molar-refractivity contribution >= 4 is 23.1 Å². The van der Waals surface area contributed by atoms with Crippen LogP contribution in [0.2, 0.25) is 5.02 Å². The van der Waals surface area contributed by atoms with E-state index < -0.39 is 0 Å². The van der Waals surface area contributed by atoms with Crippen molar-refractivity contribution in [2.75, 3.05) is 18.5 Å². The van der Waals surface area contributed by atoms with Gasteiger partial charge in [0.15, 0.2) is 5.78 Å². The monoisotopic (exact) mass is 273 g/mol. The van der Waals surface area contributed by atoms with E-state index >= 15 is 0 Å².